The van der Waals surface area contributed by atoms with Crippen molar-refractivity contribution in [2.24, 2.45) is 0 Å². The maximum atomic E-state index is 12.5. The van der Waals surface area contributed by atoms with Gasteiger partial charge in [0.2, 0.25) is 5.91 Å². The fourth-order valence-corrected chi connectivity index (χ4v) is 3.12. The van der Waals surface area contributed by atoms with Gasteiger partial charge in [0, 0.05) is 23.2 Å². The number of carbonyl (C=O) groups is 2. The summed E-state index contributed by atoms with van der Waals surface area (Å²) in [5.74, 6) is 0.134. The van der Waals surface area contributed by atoms with Crippen LogP contribution in [-0.2, 0) is 17.8 Å². The van der Waals surface area contributed by atoms with Crippen LogP contribution in [0.25, 0.3) is 11.4 Å². The SMILES string of the molecule is O=C(Cc1cccc(Cl)c1)Nc1cc(C(=O)NCc2ccc(-c3nnn[nH]3)cc2)ncn1. The molecule has 4 aromatic rings. The van der Waals surface area contributed by atoms with Crippen molar-refractivity contribution in [3.63, 3.8) is 0 Å². The first-order valence-corrected chi connectivity index (χ1v) is 9.92. The number of tetrazole rings is 1. The average Bonchev–Trinajstić information content (AvgIpc) is 3.33. The molecule has 4 rings (SSSR count). The molecular weight excluding hydrogens is 432 g/mol. The highest BCUT2D eigenvalue weighted by molar-refractivity contribution is 6.30. The molecule has 10 nitrogen and oxygen atoms in total. The maximum absolute atomic E-state index is 12.5. The molecule has 0 fully saturated rings. The van der Waals surface area contributed by atoms with E-state index in [0.29, 0.717) is 17.4 Å². The molecule has 0 unspecified atom stereocenters. The fraction of sp³-hybridized carbons (Fsp3) is 0.0952. The number of aromatic amines is 1. The Morgan fingerprint density at radius 3 is 2.59 bits per heavy atom. The van der Waals surface area contributed by atoms with Crippen molar-refractivity contribution in [3.05, 3.63) is 82.8 Å². The van der Waals surface area contributed by atoms with Gasteiger partial charge in [-0.15, -0.1) is 5.10 Å². The Morgan fingerprint density at radius 2 is 1.84 bits per heavy atom. The zero-order valence-corrected chi connectivity index (χ0v) is 17.4. The predicted molar refractivity (Wildman–Crippen MR) is 117 cm³/mol. The minimum absolute atomic E-state index is 0.131. The minimum atomic E-state index is -0.388. The fourth-order valence-electron chi connectivity index (χ4n) is 2.90. The second-order valence-corrected chi connectivity index (χ2v) is 7.21. The van der Waals surface area contributed by atoms with Gasteiger partial charge in [0.1, 0.15) is 17.8 Å². The number of hydrogen-bond acceptors (Lipinski definition) is 7. The highest BCUT2D eigenvalue weighted by Crippen LogP contribution is 2.14. The lowest BCUT2D eigenvalue weighted by Gasteiger charge is -2.08. The van der Waals surface area contributed by atoms with Crippen LogP contribution >= 0.6 is 11.6 Å². The Hall–Kier alpha value is -4.18. The van der Waals surface area contributed by atoms with E-state index >= 15 is 0 Å². The molecular formula is C21H17ClN8O2. The molecule has 0 aliphatic carbocycles. The van der Waals surface area contributed by atoms with Gasteiger partial charge in [-0.05, 0) is 33.7 Å². The topological polar surface area (TPSA) is 138 Å². The van der Waals surface area contributed by atoms with Crippen LogP contribution in [0.5, 0.6) is 0 Å². The van der Waals surface area contributed by atoms with Crippen LogP contribution < -0.4 is 10.6 Å². The number of carbonyl (C=O) groups excluding carboxylic acids is 2. The molecule has 0 radical (unpaired) electrons. The second kappa shape index (κ2) is 9.75. The maximum Gasteiger partial charge on any atom is 0.270 e. The van der Waals surface area contributed by atoms with E-state index in [0.717, 1.165) is 16.7 Å². The van der Waals surface area contributed by atoms with E-state index in [-0.39, 0.29) is 29.7 Å². The summed E-state index contributed by atoms with van der Waals surface area (Å²) in [6.07, 6.45) is 1.36. The van der Waals surface area contributed by atoms with Crippen LogP contribution in [0.3, 0.4) is 0 Å². The van der Waals surface area contributed by atoms with Gasteiger partial charge in [-0.1, -0.05) is 48.0 Å². The molecule has 0 saturated carbocycles. The number of benzene rings is 2. The van der Waals surface area contributed by atoms with Gasteiger partial charge >= 0.3 is 0 Å². The molecule has 0 bridgehead atoms. The first kappa shape index (κ1) is 21.1. The number of rotatable bonds is 7. The number of halogens is 1. The van der Waals surface area contributed by atoms with E-state index in [1.165, 1.54) is 12.4 Å². The van der Waals surface area contributed by atoms with Gasteiger partial charge in [-0.3, -0.25) is 9.59 Å². The lowest BCUT2D eigenvalue weighted by molar-refractivity contribution is -0.115. The third-order valence-corrected chi connectivity index (χ3v) is 4.68. The molecule has 2 aromatic heterocycles. The van der Waals surface area contributed by atoms with Crippen LogP contribution in [0.4, 0.5) is 5.82 Å². The van der Waals surface area contributed by atoms with Gasteiger partial charge in [0.05, 0.1) is 6.42 Å². The third-order valence-electron chi connectivity index (χ3n) is 4.45. The number of aromatic nitrogens is 6. The van der Waals surface area contributed by atoms with Crippen LogP contribution in [0.2, 0.25) is 5.02 Å². The second-order valence-electron chi connectivity index (χ2n) is 6.77. The molecule has 0 atom stereocenters. The zero-order valence-electron chi connectivity index (χ0n) is 16.6. The third kappa shape index (κ3) is 5.49. The molecule has 0 aliphatic rings. The molecule has 3 N–H and O–H groups in total. The summed E-state index contributed by atoms with van der Waals surface area (Å²) in [7, 11) is 0. The largest absolute Gasteiger partial charge is 0.347 e. The Kier molecular flexibility index (Phi) is 6.42. The summed E-state index contributed by atoms with van der Waals surface area (Å²) in [6, 6.07) is 15.9. The molecule has 0 spiro atoms. The summed E-state index contributed by atoms with van der Waals surface area (Å²) in [5.41, 5.74) is 2.63. The molecule has 2 heterocycles. The van der Waals surface area contributed by atoms with Gasteiger partial charge in [0.15, 0.2) is 5.82 Å². The van der Waals surface area contributed by atoms with Crippen LogP contribution in [0, 0.1) is 0 Å². The highest BCUT2D eigenvalue weighted by Gasteiger charge is 2.11. The lowest BCUT2D eigenvalue weighted by atomic mass is 10.1. The Bertz CT molecular complexity index is 1230. The van der Waals surface area contributed by atoms with E-state index in [1.807, 2.05) is 24.3 Å². The predicted octanol–water partition coefficient (Wildman–Crippen LogP) is 2.42. The standard InChI is InChI=1S/C21H17ClN8O2/c22-16-3-1-2-14(8-16)9-19(31)26-18-10-17(24-12-25-18)21(32)23-11-13-4-6-15(7-5-13)20-27-29-30-28-20/h1-8,10,12H,9,11H2,(H,23,32)(H,24,25,26,31)(H,27,28,29,30). The number of anilines is 1. The van der Waals surface area contributed by atoms with Crippen LogP contribution in [0.15, 0.2) is 60.9 Å². The van der Waals surface area contributed by atoms with Crippen LogP contribution in [0.1, 0.15) is 21.6 Å². The smallest absolute Gasteiger partial charge is 0.270 e. The quantitative estimate of drug-likeness (QED) is 0.394. The summed E-state index contributed by atoms with van der Waals surface area (Å²) in [5, 5.41) is 19.6. The normalized spacial score (nSPS) is 10.5. The first-order chi connectivity index (χ1) is 15.6. The summed E-state index contributed by atoms with van der Waals surface area (Å²) >= 11 is 5.94. The summed E-state index contributed by atoms with van der Waals surface area (Å²) in [6.45, 7) is 0.300. The number of nitrogens with zero attached hydrogens (tertiary/aromatic N) is 5. The molecule has 160 valence electrons. The Labute approximate surface area is 187 Å². The monoisotopic (exact) mass is 448 g/mol. The molecule has 0 saturated heterocycles. The van der Waals surface area contributed by atoms with Crippen LogP contribution in [-0.4, -0.2) is 42.4 Å². The van der Waals surface area contributed by atoms with Crippen molar-refractivity contribution in [3.8, 4) is 11.4 Å². The molecule has 32 heavy (non-hydrogen) atoms. The van der Waals surface area contributed by atoms with Crippen molar-refractivity contribution in [1.29, 1.82) is 0 Å². The van der Waals surface area contributed by atoms with E-state index in [9.17, 15) is 9.59 Å². The van der Waals surface area contributed by atoms with E-state index in [2.05, 4.69) is 41.2 Å². The van der Waals surface area contributed by atoms with E-state index in [4.69, 9.17) is 11.6 Å². The molecule has 11 heteroatoms. The van der Waals surface area contributed by atoms with Crippen molar-refractivity contribution >= 4 is 29.2 Å². The van der Waals surface area contributed by atoms with Gasteiger partial charge in [-0.2, -0.15) is 0 Å². The first-order valence-electron chi connectivity index (χ1n) is 9.54. The van der Waals surface area contributed by atoms with Crippen molar-refractivity contribution in [1.82, 2.24) is 35.9 Å². The number of nitrogens with one attached hydrogen (secondary N) is 3. The van der Waals surface area contributed by atoms with Crippen molar-refractivity contribution < 1.29 is 9.59 Å². The molecule has 2 aromatic carbocycles. The number of H-pyrrole nitrogens is 1. The number of amides is 2. The molecule has 0 aliphatic heterocycles. The zero-order chi connectivity index (χ0) is 22.3. The highest BCUT2D eigenvalue weighted by atomic mass is 35.5. The van der Waals surface area contributed by atoms with Gasteiger partial charge < -0.3 is 10.6 Å². The van der Waals surface area contributed by atoms with Crippen molar-refractivity contribution in [2.75, 3.05) is 5.32 Å². The van der Waals surface area contributed by atoms with Gasteiger partial charge in [-0.25, -0.2) is 15.1 Å². The van der Waals surface area contributed by atoms with E-state index in [1.54, 1.807) is 24.3 Å². The lowest BCUT2D eigenvalue weighted by Crippen LogP contribution is -2.24. The molecule has 2 amide bonds. The number of hydrogen-bond donors (Lipinski definition) is 3. The van der Waals surface area contributed by atoms with Gasteiger partial charge in [0.25, 0.3) is 5.91 Å². The Balaban J connectivity index is 1.33. The summed E-state index contributed by atoms with van der Waals surface area (Å²) < 4.78 is 0. The summed E-state index contributed by atoms with van der Waals surface area (Å²) in [4.78, 5) is 32.7. The average molecular weight is 449 g/mol. The Morgan fingerprint density at radius 1 is 1.00 bits per heavy atom. The van der Waals surface area contributed by atoms with E-state index < -0.39 is 0 Å². The van der Waals surface area contributed by atoms with Crippen molar-refractivity contribution in [2.45, 2.75) is 13.0 Å². The minimum Gasteiger partial charge on any atom is -0.347 e.